The number of halogens is 1. The van der Waals surface area contributed by atoms with Crippen LogP contribution in [0.2, 0.25) is 0 Å². The lowest BCUT2D eigenvalue weighted by atomic mass is 10.1. The van der Waals surface area contributed by atoms with Gasteiger partial charge in [-0.2, -0.15) is 0 Å². The van der Waals surface area contributed by atoms with E-state index in [1.54, 1.807) is 30.6 Å². The Labute approximate surface area is 104 Å². The van der Waals surface area contributed by atoms with Crippen LogP contribution in [0.5, 0.6) is 0 Å². The topological polar surface area (TPSA) is 54.9 Å². The highest BCUT2D eigenvalue weighted by molar-refractivity contribution is 5.88. The van der Waals surface area contributed by atoms with Gasteiger partial charge in [0.05, 0.1) is 0 Å². The highest BCUT2D eigenvalue weighted by Gasteiger charge is 2.04. The van der Waals surface area contributed by atoms with Gasteiger partial charge in [-0.05, 0) is 30.2 Å². The molecule has 2 aromatic rings. The maximum atomic E-state index is 12.9. The van der Waals surface area contributed by atoms with Crippen LogP contribution in [0.25, 0.3) is 0 Å². The largest absolute Gasteiger partial charge is 0.295 e. The fourth-order valence-electron chi connectivity index (χ4n) is 1.50. The van der Waals surface area contributed by atoms with Gasteiger partial charge >= 0.3 is 0 Å². The number of nitrogens with zero attached hydrogens (tertiary/aromatic N) is 2. The summed E-state index contributed by atoms with van der Waals surface area (Å²) < 4.78 is 12.9. The molecule has 0 bridgehead atoms. The molecular weight excluding hydrogens is 233 g/mol. The average molecular weight is 245 g/mol. The van der Waals surface area contributed by atoms with Crippen LogP contribution in [0.3, 0.4) is 0 Å². The lowest BCUT2D eigenvalue weighted by Gasteiger charge is -2.03. The Bertz CT molecular complexity index is 531. The normalized spacial score (nSPS) is 10.1. The van der Waals surface area contributed by atoms with Crippen molar-refractivity contribution in [1.29, 1.82) is 0 Å². The SMILES string of the molecule is O=C(CCc1cccc(F)c1)Nc1ncccn1. The first-order valence-electron chi connectivity index (χ1n) is 5.55. The van der Waals surface area contributed by atoms with Crippen molar-refractivity contribution >= 4 is 11.9 Å². The van der Waals surface area contributed by atoms with Crippen LogP contribution in [0.15, 0.2) is 42.7 Å². The molecule has 0 aliphatic rings. The number of benzene rings is 1. The van der Waals surface area contributed by atoms with Gasteiger partial charge in [-0.1, -0.05) is 12.1 Å². The Hall–Kier alpha value is -2.30. The van der Waals surface area contributed by atoms with Crippen molar-refractivity contribution in [3.8, 4) is 0 Å². The third kappa shape index (κ3) is 3.62. The summed E-state index contributed by atoms with van der Waals surface area (Å²) in [4.78, 5) is 19.4. The third-order valence-corrected chi connectivity index (χ3v) is 2.35. The molecule has 1 aromatic carbocycles. The number of aromatic nitrogens is 2. The number of rotatable bonds is 4. The van der Waals surface area contributed by atoms with Crippen molar-refractivity contribution in [2.24, 2.45) is 0 Å². The number of carbonyl (C=O) groups is 1. The van der Waals surface area contributed by atoms with E-state index in [0.717, 1.165) is 5.56 Å². The summed E-state index contributed by atoms with van der Waals surface area (Å²) in [6.45, 7) is 0. The molecule has 0 saturated heterocycles. The first-order chi connectivity index (χ1) is 8.74. The molecule has 1 N–H and O–H groups in total. The zero-order valence-corrected chi connectivity index (χ0v) is 9.64. The summed E-state index contributed by atoms with van der Waals surface area (Å²) >= 11 is 0. The molecule has 1 aromatic heterocycles. The maximum Gasteiger partial charge on any atom is 0.229 e. The molecule has 0 radical (unpaired) electrons. The van der Waals surface area contributed by atoms with E-state index in [1.807, 2.05) is 0 Å². The van der Waals surface area contributed by atoms with Gasteiger partial charge in [-0.25, -0.2) is 14.4 Å². The number of aryl methyl sites for hydroxylation is 1. The van der Waals surface area contributed by atoms with Gasteiger partial charge in [0.1, 0.15) is 5.82 Å². The third-order valence-electron chi connectivity index (χ3n) is 2.35. The number of hydrogen-bond donors (Lipinski definition) is 1. The van der Waals surface area contributed by atoms with Crippen LogP contribution in [-0.2, 0) is 11.2 Å². The predicted octanol–water partition coefficient (Wildman–Crippen LogP) is 2.19. The smallest absolute Gasteiger partial charge is 0.229 e. The fraction of sp³-hybridized carbons (Fsp3) is 0.154. The molecule has 92 valence electrons. The van der Waals surface area contributed by atoms with Crippen LogP contribution < -0.4 is 5.32 Å². The molecule has 0 aliphatic heterocycles. The van der Waals surface area contributed by atoms with Crippen LogP contribution >= 0.6 is 0 Å². The van der Waals surface area contributed by atoms with E-state index < -0.39 is 0 Å². The molecule has 0 atom stereocenters. The summed E-state index contributed by atoms with van der Waals surface area (Å²) in [5.41, 5.74) is 0.791. The van der Waals surface area contributed by atoms with Crippen molar-refractivity contribution in [2.45, 2.75) is 12.8 Å². The summed E-state index contributed by atoms with van der Waals surface area (Å²) in [7, 11) is 0. The van der Waals surface area contributed by atoms with Crippen molar-refractivity contribution in [2.75, 3.05) is 5.32 Å². The predicted molar refractivity (Wildman–Crippen MR) is 65.4 cm³/mol. The zero-order valence-electron chi connectivity index (χ0n) is 9.64. The highest BCUT2D eigenvalue weighted by Crippen LogP contribution is 2.07. The maximum absolute atomic E-state index is 12.9. The first-order valence-corrected chi connectivity index (χ1v) is 5.55. The molecular formula is C13H12FN3O. The minimum Gasteiger partial charge on any atom is -0.295 e. The minimum atomic E-state index is -0.292. The van der Waals surface area contributed by atoms with E-state index in [-0.39, 0.29) is 24.1 Å². The fourth-order valence-corrected chi connectivity index (χ4v) is 1.50. The minimum absolute atomic E-state index is 0.189. The number of carbonyl (C=O) groups excluding carboxylic acids is 1. The molecule has 0 saturated carbocycles. The first kappa shape index (κ1) is 12.2. The standard InChI is InChI=1S/C13H12FN3O/c14-11-4-1-3-10(9-11)5-6-12(18)17-13-15-7-2-8-16-13/h1-4,7-9H,5-6H2,(H,15,16,17,18). The van der Waals surface area contributed by atoms with Crippen molar-refractivity contribution < 1.29 is 9.18 Å². The van der Waals surface area contributed by atoms with Crippen LogP contribution in [0.1, 0.15) is 12.0 Å². The molecule has 0 aliphatic carbocycles. The summed E-state index contributed by atoms with van der Waals surface area (Å²) in [6, 6.07) is 7.88. The van der Waals surface area contributed by atoms with Crippen molar-refractivity contribution in [3.63, 3.8) is 0 Å². The molecule has 1 heterocycles. The van der Waals surface area contributed by atoms with Gasteiger partial charge < -0.3 is 0 Å². The Kier molecular flexibility index (Phi) is 3.96. The van der Waals surface area contributed by atoms with Gasteiger partial charge in [0.2, 0.25) is 11.9 Å². The van der Waals surface area contributed by atoms with Crippen molar-refractivity contribution in [3.05, 3.63) is 54.1 Å². The van der Waals surface area contributed by atoms with E-state index in [0.29, 0.717) is 6.42 Å². The Morgan fingerprint density at radius 1 is 1.22 bits per heavy atom. The monoisotopic (exact) mass is 245 g/mol. The second kappa shape index (κ2) is 5.86. The summed E-state index contributed by atoms with van der Waals surface area (Å²) in [6.07, 6.45) is 3.85. The molecule has 1 amide bonds. The molecule has 2 rings (SSSR count). The summed E-state index contributed by atoms with van der Waals surface area (Å²) in [5.74, 6) is -0.202. The lowest BCUT2D eigenvalue weighted by molar-refractivity contribution is -0.116. The number of amides is 1. The average Bonchev–Trinajstić information content (AvgIpc) is 2.38. The molecule has 0 unspecified atom stereocenters. The van der Waals surface area contributed by atoms with E-state index >= 15 is 0 Å². The highest BCUT2D eigenvalue weighted by atomic mass is 19.1. The summed E-state index contributed by atoms with van der Waals surface area (Å²) in [5, 5.41) is 2.57. The Morgan fingerprint density at radius 3 is 2.72 bits per heavy atom. The molecule has 0 fully saturated rings. The Morgan fingerprint density at radius 2 is 2.00 bits per heavy atom. The van der Waals surface area contributed by atoms with E-state index in [2.05, 4.69) is 15.3 Å². The quantitative estimate of drug-likeness (QED) is 0.898. The second-order valence-corrected chi connectivity index (χ2v) is 3.75. The van der Waals surface area contributed by atoms with Gasteiger partial charge in [0.15, 0.2) is 0 Å². The number of hydrogen-bond acceptors (Lipinski definition) is 3. The van der Waals surface area contributed by atoms with E-state index in [4.69, 9.17) is 0 Å². The molecule has 0 spiro atoms. The van der Waals surface area contributed by atoms with Crippen LogP contribution in [0.4, 0.5) is 10.3 Å². The van der Waals surface area contributed by atoms with Crippen molar-refractivity contribution in [1.82, 2.24) is 9.97 Å². The van der Waals surface area contributed by atoms with Gasteiger partial charge in [-0.3, -0.25) is 10.1 Å². The zero-order chi connectivity index (χ0) is 12.8. The second-order valence-electron chi connectivity index (χ2n) is 3.75. The van der Waals surface area contributed by atoms with Crippen LogP contribution in [-0.4, -0.2) is 15.9 Å². The molecule has 4 nitrogen and oxygen atoms in total. The van der Waals surface area contributed by atoms with E-state index in [9.17, 15) is 9.18 Å². The van der Waals surface area contributed by atoms with E-state index in [1.165, 1.54) is 12.1 Å². The number of anilines is 1. The van der Waals surface area contributed by atoms with Gasteiger partial charge in [0, 0.05) is 18.8 Å². The molecule has 5 heteroatoms. The van der Waals surface area contributed by atoms with Gasteiger partial charge in [-0.15, -0.1) is 0 Å². The lowest BCUT2D eigenvalue weighted by Crippen LogP contribution is -2.14. The number of nitrogens with one attached hydrogen (secondary N) is 1. The Balaban J connectivity index is 1.85. The molecule has 18 heavy (non-hydrogen) atoms. The van der Waals surface area contributed by atoms with Gasteiger partial charge in [0.25, 0.3) is 0 Å². The van der Waals surface area contributed by atoms with Crippen LogP contribution in [0, 0.1) is 5.82 Å².